The van der Waals surface area contributed by atoms with Gasteiger partial charge in [0.15, 0.2) is 0 Å². The van der Waals surface area contributed by atoms with E-state index in [2.05, 4.69) is 9.36 Å². The maximum atomic E-state index is 5.93. The van der Waals surface area contributed by atoms with E-state index in [0.29, 0.717) is 29.0 Å². The normalized spacial score (nSPS) is 10.6. The Hall–Kier alpha value is -1.17. The van der Waals surface area contributed by atoms with Crippen molar-refractivity contribution in [3.05, 3.63) is 34.6 Å². The second-order valence-corrected chi connectivity index (χ2v) is 4.88. The van der Waals surface area contributed by atoms with Crippen molar-refractivity contribution in [2.24, 2.45) is 0 Å². The first kappa shape index (κ1) is 13.3. The number of aryl methyl sites for hydroxylation is 1. The molecule has 0 aliphatic rings. The summed E-state index contributed by atoms with van der Waals surface area (Å²) in [4.78, 5) is 4.28. The lowest BCUT2D eigenvalue weighted by molar-refractivity contribution is 0.200. The Balaban J connectivity index is 2.08. The van der Waals surface area contributed by atoms with Gasteiger partial charge in [0.05, 0.1) is 6.61 Å². The molecule has 6 heteroatoms. The van der Waals surface area contributed by atoms with Crippen molar-refractivity contribution in [2.45, 2.75) is 13.3 Å². The van der Waals surface area contributed by atoms with Crippen molar-refractivity contribution in [1.29, 1.82) is 0 Å². The van der Waals surface area contributed by atoms with Crippen LogP contribution in [0.25, 0.3) is 0 Å². The first-order valence-electron chi connectivity index (χ1n) is 5.44. The molecule has 1 aromatic carbocycles. The third-order valence-electron chi connectivity index (χ3n) is 2.33. The van der Waals surface area contributed by atoms with Crippen LogP contribution in [0.3, 0.4) is 0 Å². The predicted octanol–water partition coefficient (Wildman–Crippen LogP) is 3.48. The molecule has 0 amide bonds. The van der Waals surface area contributed by atoms with Gasteiger partial charge in [-0.05, 0) is 24.6 Å². The molecule has 1 heterocycles. The lowest BCUT2D eigenvalue weighted by Gasteiger charge is -2.05. The van der Waals surface area contributed by atoms with Crippen LogP contribution in [0.4, 0.5) is 0 Å². The van der Waals surface area contributed by atoms with Crippen LogP contribution in [0.1, 0.15) is 11.4 Å². The number of aromatic nitrogens is 2. The van der Waals surface area contributed by atoms with Crippen molar-refractivity contribution < 1.29 is 9.47 Å². The van der Waals surface area contributed by atoms with E-state index >= 15 is 0 Å². The van der Waals surface area contributed by atoms with Gasteiger partial charge in [-0.25, -0.2) is 0 Å². The average molecular weight is 285 g/mol. The van der Waals surface area contributed by atoms with Crippen LogP contribution < -0.4 is 4.74 Å². The molecule has 1 aromatic heterocycles. The molecule has 18 heavy (non-hydrogen) atoms. The van der Waals surface area contributed by atoms with E-state index in [9.17, 15) is 0 Å². The van der Waals surface area contributed by atoms with E-state index in [-0.39, 0.29) is 0 Å². The molecule has 2 rings (SSSR count). The van der Waals surface area contributed by atoms with Gasteiger partial charge in [0.1, 0.15) is 11.6 Å². The standard InChI is InChI=1S/C12H13ClN2O2S/c1-8-3-4-9(13)7-10(8)17-12-14-11(15-18-12)5-6-16-2/h3-4,7H,5-6H2,1-2H3. The second-order valence-electron chi connectivity index (χ2n) is 3.73. The summed E-state index contributed by atoms with van der Waals surface area (Å²) < 4.78 is 14.8. The van der Waals surface area contributed by atoms with Gasteiger partial charge < -0.3 is 9.47 Å². The van der Waals surface area contributed by atoms with E-state index in [0.717, 1.165) is 11.4 Å². The smallest absolute Gasteiger partial charge is 0.298 e. The van der Waals surface area contributed by atoms with E-state index in [4.69, 9.17) is 21.1 Å². The predicted molar refractivity (Wildman–Crippen MR) is 71.8 cm³/mol. The number of hydrogen-bond donors (Lipinski definition) is 0. The number of ether oxygens (including phenoxy) is 2. The Labute approximate surface area is 115 Å². The molecule has 4 nitrogen and oxygen atoms in total. The minimum absolute atomic E-state index is 0.520. The lowest BCUT2D eigenvalue weighted by Crippen LogP contribution is -1.96. The van der Waals surface area contributed by atoms with Crippen molar-refractivity contribution in [3.63, 3.8) is 0 Å². The minimum atomic E-state index is 0.520. The SMILES string of the molecule is COCCc1nsc(Oc2cc(Cl)ccc2C)n1. The highest BCUT2D eigenvalue weighted by Crippen LogP contribution is 2.28. The molecule has 0 fully saturated rings. The van der Waals surface area contributed by atoms with Crippen molar-refractivity contribution in [2.75, 3.05) is 13.7 Å². The van der Waals surface area contributed by atoms with Gasteiger partial charge in [-0.15, -0.1) is 0 Å². The molecule has 0 atom stereocenters. The molecule has 0 aliphatic carbocycles. The number of methoxy groups -OCH3 is 1. The van der Waals surface area contributed by atoms with E-state index in [1.54, 1.807) is 13.2 Å². The van der Waals surface area contributed by atoms with Crippen molar-refractivity contribution in [3.8, 4) is 10.9 Å². The lowest BCUT2D eigenvalue weighted by atomic mass is 10.2. The van der Waals surface area contributed by atoms with Gasteiger partial charge in [-0.1, -0.05) is 17.7 Å². The summed E-state index contributed by atoms with van der Waals surface area (Å²) >= 11 is 7.16. The fourth-order valence-electron chi connectivity index (χ4n) is 1.35. The van der Waals surface area contributed by atoms with Gasteiger partial charge >= 0.3 is 0 Å². The quantitative estimate of drug-likeness (QED) is 0.843. The molecular weight excluding hydrogens is 272 g/mol. The Bertz CT molecular complexity index is 531. The zero-order valence-corrected chi connectivity index (χ0v) is 11.7. The highest BCUT2D eigenvalue weighted by atomic mass is 35.5. The Morgan fingerprint density at radius 1 is 1.39 bits per heavy atom. The summed E-state index contributed by atoms with van der Waals surface area (Å²) in [5, 5.41) is 1.16. The van der Waals surface area contributed by atoms with Gasteiger partial charge in [0.2, 0.25) is 0 Å². The largest absolute Gasteiger partial charge is 0.430 e. The molecule has 0 radical (unpaired) electrons. The number of hydrogen-bond acceptors (Lipinski definition) is 5. The van der Waals surface area contributed by atoms with Gasteiger partial charge in [-0.3, -0.25) is 0 Å². The van der Waals surface area contributed by atoms with Crippen molar-refractivity contribution >= 4 is 23.1 Å². The van der Waals surface area contributed by atoms with Crippen LogP contribution >= 0.6 is 23.1 Å². The second kappa shape index (κ2) is 6.13. The Kier molecular flexibility index (Phi) is 4.52. The Morgan fingerprint density at radius 3 is 3.00 bits per heavy atom. The third kappa shape index (κ3) is 3.41. The topological polar surface area (TPSA) is 44.2 Å². The molecule has 0 aliphatic heterocycles. The number of halogens is 1. The fraction of sp³-hybridized carbons (Fsp3) is 0.333. The first-order chi connectivity index (χ1) is 8.69. The van der Waals surface area contributed by atoms with Crippen LogP contribution in [-0.4, -0.2) is 23.1 Å². The zero-order valence-electron chi connectivity index (χ0n) is 10.1. The molecule has 96 valence electrons. The van der Waals surface area contributed by atoms with Gasteiger partial charge in [-0.2, -0.15) is 9.36 Å². The van der Waals surface area contributed by atoms with Crippen LogP contribution in [-0.2, 0) is 11.2 Å². The monoisotopic (exact) mass is 284 g/mol. The molecule has 0 unspecified atom stereocenters. The Morgan fingerprint density at radius 2 is 2.22 bits per heavy atom. The van der Waals surface area contributed by atoms with E-state index < -0.39 is 0 Å². The molecule has 0 saturated heterocycles. The van der Waals surface area contributed by atoms with Gasteiger partial charge in [0, 0.05) is 30.1 Å². The first-order valence-corrected chi connectivity index (χ1v) is 6.59. The number of benzene rings is 1. The highest BCUT2D eigenvalue weighted by molar-refractivity contribution is 7.07. The van der Waals surface area contributed by atoms with E-state index in [1.165, 1.54) is 11.5 Å². The van der Waals surface area contributed by atoms with Crippen LogP contribution in [0.2, 0.25) is 5.02 Å². The maximum Gasteiger partial charge on any atom is 0.298 e. The summed E-state index contributed by atoms with van der Waals surface area (Å²) in [6.45, 7) is 2.56. The molecule has 2 aromatic rings. The summed E-state index contributed by atoms with van der Waals surface area (Å²) in [5.41, 5.74) is 1.01. The number of nitrogens with zero attached hydrogens (tertiary/aromatic N) is 2. The zero-order chi connectivity index (χ0) is 13.0. The summed E-state index contributed by atoms with van der Waals surface area (Å²) in [5.74, 6) is 1.44. The molecule has 0 saturated carbocycles. The average Bonchev–Trinajstić information content (AvgIpc) is 2.79. The van der Waals surface area contributed by atoms with Crippen molar-refractivity contribution in [1.82, 2.24) is 9.36 Å². The summed E-state index contributed by atoms with van der Waals surface area (Å²) in [6, 6.07) is 5.51. The summed E-state index contributed by atoms with van der Waals surface area (Å²) in [7, 11) is 1.65. The van der Waals surface area contributed by atoms with Crippen LogP contribution in [0, 0.1) is 6.92 Å². The highest BCUT2D eigenvalue weighted by Gasteiger charge is 2.08. The number of rotatable bonds is 5. The summed E-state index contributed by atoms with van der Waals surface area (Å²) in [6.07, 6.45) is 0.685. The fourth-order valence-corrected chi connectivity index (χ4v) is 2.10. The van der Waals surface area contributed by atoms with Gasteiger partial charge in [0.25, 0.3) is 5.19 Å². The van der Waals surface area contributed by atoms with Crippen LogP contribution in [0.5, 0.6) is 10.9 Å². The van der Waals surface area contributed by atoms with Crippen LogP contribution in [0.15, 0.2) is 18.2 Å². The molecule has 0 N–H and O–H groups in total. The van der Waals surface area contributed by atoms with E-state index in [1.807, 2.05) is 19.1 Å². The molecular formula is C12H13ClN2O2S. The third-order valence-corrected chi connectivity index (χ3v) is 3.19. The molecule has 0 bridgehead atoms. The molecule has 0 spiro atoms. The maximum absolute atomic E-state index is 5.93. The minimum Gasteiger partial charge on any atom is -0.430 e.